The molecule has 0 rings (SSSR count). The minimum absolute atomic E-state index is 0.710. The molecule has 1 N–H and O–H groups in total. The lowest BCUT2D eigenvalue weighted by Gasteiger charge is -2.13. The van der Waals surface area contributed by atoms with Gasteiger partial charge in [-0.15, -0.1) is 0 Å². The molecule has 0 aromatic carbocycles. The highest BCUT2D eigenvalue weighted by Crippen LogP contribution is 1.78. The van der Waals surface area contributed by atoms with Gasteiger partial charge < -0.3 is 10.1 Å². The number of hydrogen-bond acceptors (Lipinski definition) is 3. The number of hydrogen-bond donors (Lipinski definition) is 1. The summed E-state index contributed by atoms with van der Waals surface area (Å²) in [4.78, 5) is 2.11. The van der Waals surface area contributed by atoms with Crippen LogP contribution in [-0.2, 0) is 4.74 Å². The van der Waals surface area contributed by atoms with E-state index in [1.54, 1.807) is 7.11 Å². The monoisotopic (exact) mass is 132 g/mol. The fourth-order valence-electron chi connectivity index (χ4n) is 0.588. The predicted octanol–water partition coefficient (Wildman–Crippen LogP) is -0.258. The molecular formula is C6H16N2O. The number of rotatable bonds is 5. The molecule has 3 heteroatoms. The van der Waals surface area contributed by atoms with Crippen LogP contribution in [0.5, 0.6) is 0 Å². The third-order valence-corrected chi connectivity index (χ3v) is 1.09. The van der Waals surface area contributed by atoms with Crippen LogP contribution in [0.1, 0.15) is 0 Å². The van der Waals surface area contributed by atoms with Crippen molar-refractivity contribution in [2.75, 3.05) is 41.0 Å². The molecule has 0 bridgehead atoms. The Kier molecular flexibility index (Phi) is 5.93. The van der Waals surface area contributed by atoms with Gasteiger partial charge in [0.25, 0.3) is 0 Å². The number of nitrogens with zero attached hydrogens (tertiary/aromatic N) is 1. The Morgan fingerprint density at radius 1 is 1.56 bits per heavy atom. The molecule has 0 aliphatic heterocycles. The average molecular weight is 132 g/mol. The third-order valence-electron chi connectivity index (χ3n) is 1.09. The molecule has 3 nitrogen and oxygen atoms in total. The first kappa shape index (κ1) is 8.88. The summed E-state index contributed by atoms with van der Waals surface area (Å²) in [5.41, 5.74) is 0. The maximum Gasteiger partial charge on any atom is 0.0984 e. The van der Waals surface area contributed by atoms with Crippen molar-refractivity contribution in [2.24, 2.45) is 0 Å². The lowest BCUT2D eigenvalue weighted by Crippen LogP contribution is -2.28. The van der Waals surface area contributed by atoms with Crippen LogP contribution in [0.3, 0.4) is 0 Å². The van der Waals surface area contributed by atoms with E-state index < -0.39 is 0 Å². The van der Waals surface area contributed by atoms with Crippen LogP contribution in [-0.4, -0.2) is 45.9 Å². The molecular weight excluding hydrogens is 116 g/mol. The van der Waals surface area contributed by atoms with Crippen LogP contribution in [0.4, 0.5) is 0 Å². The second-order valence-electron chi connectivity index (χ2n) is 2.10. The predicted molar refractivity (Wildman–Crippen MR) is 38.4 cm³/mol. The van der Waals surface area contributed by atoms with Gasteiger partial charge in [0.15, 0.2) is 0 Å². The Morgan fingerprint density at radius 2 is 2.22 bits per heavy atom. The molecule has 0 aliphatic carbocycles. The van der Waals surface area contributed by atoms with Crippen molar-refractivity contribution in [1.82, 2.24) is 10.2 Å². The van der Waals surface area contributed by atoms with Gasteiger partial charge in [0.2, 0.25) is 0 Å². The van der Waals surface area contributed by atoms with Crippen LogP contribution >= 0.6 is 0 Å². The Balaban J connectivity index is 2.95. The highest BCUT2D eigenvalue weighted by atomic mass is 16.5. The van der Waals surface area contributed by atoms with Crippen LogP contribution in [0.25, 0.3) is 0 Å². The van der Waals surface area contributed by atoms with Gasteiger partial charge in [-0.2, -0.15) is 0 Å². The molecule has 0 heterocycles. The van der Waals surface area contributed by atoms with Crippen molar-refractivity contribution >= 4 is 0 Å². The third kappa shape index (κ3) is 5.76. The van der Waals surface area contributed by atoms with Gasteiger partial charge in [0.05, 0.1) is 6.73 Å². The zero-order valence-corrected chi connectivity index (χ0v) is 6.48. The molecule has 0 unspecified atom stereocenters. The second kappa shape index (κ2) is 6.01. The van der Waals surface area contributed by atoms with Crippen LogP contribution in [0.2, 0.25) is 0 Å². The molecule has 0 saturated heterocycles. The Bertz CT molecular complexity index is 59.0. The average Bonchev–Trinajstić information content (AvgIpc) is 1.85. The lowest BCUT2D eigenvalue weighted by molar-refractivity contribution is 0.0829. The van der Waals surface area contributed by atoms with Crippen molar-refractivity contribution in [3.05, 3.63) is 0 Å². The van der Waals surface area contributed by atoms with Crippen molar-refractivity contribution in [3.8, 4) is 0 Å². The summed E-state index contributed by atoms with van der Waals surface area (Å²) in [6, 6.07) is 0. The molecule has 0 aromatic rings. The van der Waals surface area contributed by atoms with Gasteiger partial charge >= 0.3 is 0 Å². The van der Waals surface area contributed by atoms with Crippen molar-refractivity contribution in [3.63, 3.8) is 0 Å². The molecule has 56 valence electrons. The summed E-state index contributed by atoms with van der Waals surface area (Å²) < 4.78 is 4.90. The van der Waals surface area contributed by atoms with Crippen molar-refractivity contribution in [1.29, 1.82) is 0 Å². The van der Waals surface area contributed by atoms with E-state index in [4.69, 9.17) is 4.74 Å². The largest absolute Gasteiger partial charge is 0.369 e. The molecule has 0 radical (unpaired) electrons. The van der Waals surface area contributed by atoms with Crippen molar-refractivity contribution in [2.45, 2.75) is 0 Å². The van der Waals surface area contributed by atoms with Gasteiger partial charge in [-0.25, -0.2) is 0 Å². The van der Waals surface area contributed by atoms with E-state index >= 15 is 0 Å². The maximum atomic E-state index is 4.90. The topological polar surface area (TPSA) is 24.5 Å². The molecule has 0 saturated carbocycles. The number of likely N-dealkylation sites (N-methyl/N-ethyl adjacent to an activating group) is 2. The summed E-state index contributed by atoms with van der Waals surface area (Å²) in [6.07, 6.45) is 0. The second-order valence-corrected chi connectivity index (χ2v) is 2.10. The smallest absolute Gasteiger partial charge is 0.0984 e. The minimum atomic E-state index is 0.710. The van der Waals surface area contributed by atoms with Crippen LogP contribution in [0.15, 0.2) is 0 Å². The minimum Gasteiger partial charge on any atom is -0.369 e. The Labute approximate surface area is 57.0 Å². The van der Waals surface area contributed by atoms with Gasteiger partial charge in [-0.05, 0) is 14.1 Å². The Hall–Kier alpha value is -0.120. The van der Waals surface area contributed by atoms with Crippen molar-refractivity contribution < 1.29 is 4.74 Å². The first-order valence-corrected chi connectivity index (χ1v) is 3.13. The molecule has 0 amide bonds. The fourth-order valence-corrected chi connectivity index (χ4v) is 0.588. The van der Waals surface area contributed by atoms with E-state index in [2.05, 4.69) is 10.2 Å². The van der Waals surface area contributed by atoms with Gasteiger partial charge in [0.1, 0.15) is 0 Å². The molecule has 0 aromatic heterocycles. The van der Waals surface area contributed by atoms with E-state index in [0.29, 0.717) is 6.73 Å². The number of methoxy groups -OCH3 is 1. The highest BCUT2D eigenvalue weighted by molar-refractivity contribution is 4.45. The normalized spacial score (nSPS) is 10.7. The van der Waals surface area contributed by atoms with Gasteiger partial charge in [-0.3, -0.25) is 4.90 Å². The van der Waals surface area contributed by atoms with Crippen LogP contribution in [0, 0.1) is 0 Å². The number of ether oxygens (including phenoxy) is 1. The summed E-state index contributed by atoms with van der Waals surface area (Å²) in [7, 11) is 5.68. The molecule has 0 fully saturated rings. The standard InChI is InChI=1S/C6H16N2O/c1-7-4-5-8(2)6-9-3/h7H,4-6H2,1-3H3. The zero-order chi connectivity index (χ0) is 7.11. The Morgan fingerprint density at radius 3 is 2.67 bits per heavy atom. The lowest BCUT2D eigenvalue weighted by atomic mass is 10.6. The SMILES string of the molecule is CNCCN(C)COC. The van der Waals surface area contributed by atoms with E-state index in [9.17, 15) is 0 Å². The maximum absolute atomic E-state index is 4.90. The van der Waals surface area contributed by atoms with Gasteiger partial charge in [0, 0.05) is 20.2 Å². The quantitative estimate of drug-likeness (QED) is 0.522. The molecule has 0 atom stereocenters. The van der Waals surface area contributed by atoms with Gasteiger partial charge in [-0.1, -0.05) is 0 Å². The summed E-state index contributed by atoms with van der Waals surface area (Å²) in [5.74, 6) is 0. The first-order valence-electron chi connectivity index (χ1n) is 3.13. The summed E-state index contributed by atoms with van der Waals surface area (Å²) >= 11 is 0. The summed E-state index contributed by atoms with van der Waals surface area (Å²) in [5, 5.41) is 3.06. The first-order chi connectivity index (χ1) is 4.31. The van der Waals surface area contributed by atoms with Crippen LogP contribution < -0.4 is 5.32 Å². The molecule has 0 spiro atoms. The zero-order valence-electron chi connectivity index (χ0n) is 6.48. The number of nitrogens with one attached hydrogen (secondary N) is 1. The summed E-state index contributed by atoms with van der Waals surface area (Å²) in [6.45, 7) is 2.76. The van der Waals surface area contributed by atoms with E-state index in [1.165, 1.54) is 0 Å². The van der Waals surface area contributed by atoms with E-state index in [-0.39, 0.29) is 0 Å². The molecule has 9 heavy (non-hydrogen) atoms. The van der Waals surface area contributed by atoms with E-state index in [1.807, 2.05) is 14.1 Å². The van der Waals surface area contributed by atoms with E-state index in [0.717, 1.165) is 13.1 Å². The molecule has 0 aliphatic rings. The fraction of sp³-hybridized carbons (Fsp3) is 1.00. The highest BCUT2D eigenvalue weighted by Gasteiger charge is 1.92.